The number of aromatic nitrogens is 2. The molecule has 0 bridgehead atoms. The minimum atomic E-state index is -1.21. The lowest BCUT2D eigenvalue weighted by molar-refractivity contribution is -0.142. The number of hydrogen-bond acceptors (Lipinski definition) is 6. The van der Waals surface area contributed by atoms with Crippen molar-refractivity contribution < 1.29 is 24.3 Å². The van der Waals surface area contributed by atoms with E-state index in [9.17, 15) is 24.3 Å². The molecule has 0 fully saturated rings. The Bertz CT molecular complexity index is 719. The maximum Gasteiger partial charge on any atom is 0.326 e. The van der Waals surface area contributed by atoms with Gasteiger partial charge in [0.2, 0.25) is 17.7 Å². The molecular formula is C19H32N6O5. The molecule has 168 valence electrons. The number of rotatable bonds is 12. The normalized spacial score (nSPS) is 14.1. The number of imidazole rings is 1. The minimum absolute atomic E-state index is 0.0204. The summed E-state index contributed by atoms with van der Waals surface area (Å²) in [4.78, 5) is 54.9. The second-order valence-corrected chi connectivity index (χ2v) is 7.92. The van der Waals surface area contributed by atoms with Gasteiger partial charge >= 0.3 is 5.97 Å². The van der Waals surface area contributed by atoms with Crippen molar-refractivity contribution in [1.82, 2.24) is 25.9 Å². The molecule has 0 saturated heterocycles. The Hall–Kier alpha value is -2.95. The lowest BCUT2D eigenvalue weighted by Crippen LogP contribution is -2.54. The summed E-state index contributed by atoms with van der Waals surface area (Å²) in [6, 6.07) is -2.88. The maximum absolute atomic E-state index is 12.7. The first kappa shape index (κ1) is 25.1. The van der Waals surface area contributed by atoms with Crippen LogP contribution in [0.15, 0.2) is 12.5 Å². The van der Waals surface area contributed by atoms with Crippen LogP contribution in [-0.2, 0) is 25.6 Å². The molecule has 0 saturated carbocycles. The van der Waals surface area contributed by atoms with Crippen LogP contribution in [0.4, 0.5) is 0 Å². The molecule has 0 aliphatic carbocycles. The number of H-pyrrole nitrogens is 1. The number of carboxylic acids is 1. The number of aliphatic carboxylic acids is 1. The van der Waals surface area contributed by atoms with E-state index < -0.39 is 41.8 Å². The molecule has 7 N–H and O–H groups in total. The van der Waals surface area contributed by atoms with Gasteiger partial charge in [-0.15, -0.1) is 0 Å². The van der Waals surface area contributed by atoms with E-state index in [1.807, 2.05) is 13.8 Å². The summed E-state index contributed by atoms with van der Waals surface area (Å²) in [6.45, 7) is 6.98. The fourth-order valence-electron chi connectivity index (χ4n) is 2.62. The van der Waals surface area contributed by atoms with Gasteiger partial charge in [-0.3, -0.25) is 14.4 Å². The van der Waals surface area contributed by atoms with Gasteiger partial charge in [0.1, 0.15) is 12.1 Å². The third-order valence-corrected chi connectivity index (χ3v) is 4.40. The van der Waals surface area contributed by atoms with Crippen molar-refractivity contribution in [2.45, 2.75) is 58.7 Å². The van der Waals surface area contributed by atoms with Crippen molar-refractivity contribution in [3.05, 3.63) is 18.2 Å². The van der Waals surface area contributed by atoms with Crippen molar-refractivity contribution in [2.75, 3.05) is 6.54 Å². The number of aromatic amines is 1. The first-order chi connectivity index (χ1) is 14.0. The van der Waals surface area contributed by atoms with Crippen LogP contribution in [0, 0.1) is 11.8 Å². The molecule has 3 amide bonds. The lowest BCUT2D eigenvalue weighted by atomic mass is 10.0. The highest BCUT2D eigenvalue weighted by molar-refractivity contribution is 5.92. The number of nitrogens with two attached hydrogens (primary N) is 1. The molecule has 0 radical (unpaired) electrons. The predicted molar refractivity (Wildman–Crippen MR) is 109 cm³/mol. The van der Waals surface area contributed by atoms with Gasteiger partial charge < -0.3 is 31.8 Å². The van der Waals surface area contributed by atoms with Crippen molar-refractivity contribution in [3.63, 3.8) is 0 Å². The van der Waals surface area contributed by atoms with Gasteiger partial charge in [0.05, 0.1) is 18.9 Å². The highest BCUT2D eigenvalue weighted by Crippen LogP contribution is 2.07. The first-order valence-corrected chi connectivity index (χ1v) is 9.84. The van der Waals surface area contributed by atoms with Gasteiger partial charge in [0.15, 0.2) is 0 Å². The average molecular weight is 425 g/mol. The number of amides is 3. The van der Waals surface area contributed by atoms with Gasteiger partial charge in [0, 0.05) is 18.3 Å². The predicted octanol–water partition coefficient (Wildman–Crippen LogP) is -0.848. The van der Waals surface area contributed by atoms with Gasteiger partial charge in [-0.25, -0.2) is 9.78 Å². The van der Waals surface area contributed by atoms with E-state index in [4.69, 9.17) is 5.73 Å². The zero-order chi connectivity index (χ0) is 22.8. The van der Waals surface area contributed by atoms with Gasteiger partial charge in [-0.2, -0.15) is 0 Å². The van der Waals surface area contributed by atoms with Gasteiger partial charge in [-0.1, -0.05) is 27.7 Å². The van der Waals surface area contributed by atoms with E-state index in [2.05, 4.69) is 25.9 Å². The SMILES string of the molecule is CC(C)CC(NC(=O)CNC(=O)C(N)C(C)C)C(=O)NC(Cc1cnc[nH]1)C(=O)O. The molecular weight excluding hydrogens is 392 g/mol. The third-order valence-electron chi connectivity index (χ3n) is 4.40. The summed E-state index contributed by atoms with van der Waals surface area (Å²) in [6.07, 6.45) is 3.21. The van der Waals surface area contributed by atoms with Crippen LogP contribution in [0.3, 0.4) is 0 Å². The molecule has 1 heterocycles. The smallest absolute Gasteiger partial charge is 0.326 e. The van der Waals surface area contributed by atoms with Crippen molar-refractivity contribution in [1.29, 1.82) is 0 Å². The number of hydrogen-bond donors (Lipinski definition) is 6. The molecule has 0 aliphatic heterocycles. The van der Waals surface area contributed by atoms with Crippen LogP contribution in [0.25, 0.3) is 0 Å². The Labute approximate surface area is 175 Å². The van der Waals surface area contributed by atoms with Crippen LogP contribution < -0.4 is 21.7 Å². The zero-order valence-electron chi connectivity index (χ0n) is 17.8. The minimum Gasteiger partial charge on any atom is -0.480 e. The van der Waals surface area contributed by atoms with E-state index in [1.165, 1.54) is 12.5 Å². The highest BCUT2D eigenvalue weighted by atomic mass is 16.4. The van der Waals surface area contributed by atoms with Gasteiger partial charge in [-0.05, 0) is 18.3 Å². The number of nitrogens with one attached hydrogen (secondary N) is 4. The second kappa shape index (κ2) is 11.9. The van der Waals surface area contributed by atoms with Crippen molar-refractivity contribution in [2.24, 2.45) is 17.6 Å². The second-order valence-electron chi connectivity index (χ2n) is 7.92. The molecule has 0 spiro atoms. The maximum atomic E-state index is 12.7. The van der Waals surface area contributed by atoms with E-state index in [0.29, 0.717) is 12.1 Å². The monoisotopic (exact) mass is 424 g/mol. The highest BCUT2D eigenvalue weighted by Gasteiger charge is 2.28. The Morgan fingerprint density at radius 2 is 1.77 bits per heavy atom. The third kappa shape index (κ3) is 8.60. The number of carboxylic acid groups (broad SMARTS) is 1. The summed E-state index contributed by atoms with van der Waals surface area (Å²) in [5.74, 6) is -2.89. The summed E-state index contributed by atoms with van der Waals surface area (Å²) in [7, 11) is 0. The largest absolute Gasteiger partial charge is 0.480 e. The average Bonchev–Trinajstić information content (AvgIpc) is 3.16. The molecule has 1 rings (SSSR count). The molecule has 1 aromatic rings. The molecule has 30 heavy (non-hydrogen) atoms. The number of carbonyl (C=O) groups is 4. The van der Waals surface area contributed by atoms with Crippen LogP contribution >= 0.6 is 0 Å². The molecule has 11 heteroatoms. The fourth-order valence-corrected chi connectivity index (χ4v) is 2.62. The molecule has 1 aromatic heterocycles. The number of carbonyl (C=O) groups excluding carboxylic acids is 3. The Kier molecular flexibility index (Phi) is 9.96. The van der Waals surface area contributed by atoms with Crippen LogP contribution in [0.2, 0.25) is 0 Å². The summed E-state index contributed by atoms with van der Waals surface area (Å²) in [5, 5.41) is 16.9. The standard InChI is InChI=1S/C19H32N6O5/c1-10(2)5-13(24-15(26)8-22-18(28)16(20)11(3)4)17(27)25-14(19(29)30)6-12-7-21-9-23-12/h7,9-11,13-14,16H,5-6,8,20H2,1-4H3,(H,21,23)(H,22,28)(H,24,26)(H,25,27)(H,29,30). The van der Waals surface area contributed by atoms with Crippen LogP contribution in [0.1, 0.15) is 39.8 Å². The molecule has 0 aromatic carbocycles. The number of nitrogens with zero attached hydrogens (tertiary/aromatic N) is 1. The molecule has 0 aliphatic rings. The van der Waals surface area contributed by atoms with Crippen LogP contribution in [-0.4, -0.2) is 63.4 Å². The molecule has 3 unspecified atom stereocenters. The van der Waals surface area contributed by atoms with E-state index in [-0.39, 0.29) is 24.8 Å². The van der Waals surface area contributed by atoms with E-state index >= 15 is 0 Å². The molecule has 3 atom stereocenters. The lowest BCUT2D eigenvalue weighted by Gasteiger charge is -2.23. The Balaban J connectivity index is 2.72. The van der Waals surface area contributed by atoms with E-state index in [0.717, 1.165) is 0 Å². The van der Waals surface area contributed by atoms with Crippen molar-refractivity contribution >= 4 is 23.7 Å². The first-order valence-electron chi connectivity index (χ1n) is 9.84. The quantitative estimate of drug-likeness (QED) is 0.253. The molecule has 11 nitrogen and oxygen atoms in total. The Morgan fingerprint density at radius 3 is 2.27 bits per heavy atom. The van der Waals surface area contributed by atoms with Crippen LogP contribution in [0.5, 0.6) is 0 Å². The van der Waals surface area contributed by atoms with Gasteiger partial charge in [0.25, 0.3) is 0 Å². The summed E-state index contributed by atoms with van der Waals surface area (Å²) < 4.78 is 0. The van der Waals surface area contributed by atoms with Crippen molar-refractivity contribution in [3.8, 4) is 0 Å². The zero-order valence-corrected chi connectivity index (χ0v) is 17.8. The fraction of sp³-hybridized carbons (Fsp3) is 0.632. The Morgan fingerprint density at radius 1 is 1.10 bits per heavy atom. The summed E-state index contributed by atoms with van der Waals surface area (Å²) >= 11 is 0. The summed E-state index contributed by atoms with van der Waals surface area (Å²) in [5.41, 5.74) is 6.28. The topological polar surface area (TPSA) is 179 Å². The van der Waals surface area contributed by atoms with E-state index in [1.54, 1.807) is 13.8 Å².